The molecule has 1 saturated heterocycles. The van der Waals surface area contributed by atoms with Crippen LogP contribution in [0.2, 0.25) is 0 Å². The van der Waals surface area contributed by atoms with E-state index in [1.54, 1.807) is 24.5 Å². The molecule has 7 heteroatoms. The van der Waals surface area contributed by atoms with Gasteiger partial charge in [-0.25, -0.2) is 14.4 Å². The van der Waals surface area contributed by atoms with Gasteiger partial charge in [-0.05, 0) is 37.1 Å². The molecule has 2 aliphatic rings. The average Bonchev–Trinajstić information content (AvgIpc) is 3.47. The van der Waals surface area contributed by atoms with Crippen molar-refractivity contribution in [2.75, 3.05) is 36.0 Å². The van der Waals surface area contributed by atoms with Crippen molar-refractivity contribution in [3.05, 3.63) is 48.0 Å². The maximum atomic E-state index is 13.0. The van der Waals surface area contributed by atoms with Crippen molar-refractivity contribution in [2.24, 2.45) is 0 Å². The monoisotopic (exact) mass is 341 g/mol. The van der Waals surface area contributed by atoms with Crippen molar-refractivity contribution in [2.45, 2.75) is 18.9 Å². The molecule has 4 rings (SSSR count). The van der Waals surface area contributed by atoms with E-state index >= 15 is 0 Å². The zero-order chi connectivity index (χ0) is 17.2. The summed E-state index contributed by atoms with van der Waals surface area (Å²) in [6, 6.07) is 6.89. The number of rotatable bonds is 4. The second-order valence-corrected chi connectivity index (χ2v) is 6.47. The lowest BCUT2D eigenvalue weighted by molar-refractivity contribution is 0.0950. The van der Waals surface area contributed by atoms with Gasteiger partial charge in [0.05, 0.1) is 5.56 Å². The maximum absolute atomic E-state index is 13.0. The molecule has 0 radical (unpaired) electrons. The Morgan fingerprint density at radius 1 is 1.00 bits per heavy atom. The van der Waals surface area contributed by atoms with Crippen molar-refractivity contribution < 1.29 is 9.18 Å². The van der Waals surface area contributed by atoms with Crippen LogP contribution in [0, 0.1) is 5.82 Å². The molecule has 1 aromatic heterocycles. The molecule has 1 saturated carbocycles. The molecule has 1 aliphatic carbocycles. The molecule has 1 aromatic carbocycles. The van der Waals surface area contributed by atoms with Gasteiger partial charge in [0.25, 0.3) is 5.91 Å². The molecule has 0 unspecified atom stereocenters. The number of anilines is 2. The Kier molecular flexibility index (Phi) is 4.21. The largest absolute Gasteiger partial charge is 0.368 e. The van der Waals surface area contributed by atoms with Gasteiger partial charge in [0.2, 0.25) is 5.95 Å². The lowest BCUT2D eigenvalue weighted by atomic mass is 10.2. The molecule has 1 amide bonds. The van der Waals surface area contributed by atoms with Gasteiger partial charge in [0, 0.05) is 50.3 Å². The molecular weight excluding hydrogens is 321 g/mol. The van der Waals surface area contributed by atoms with Gasteiger partial charge in [0.1, 0.15) is 5.82 Å². The van der Waals surface area contributed by atoms with E-state index in [1.165, 1.54) is 12.1 Å². The third kappa shape index (κ3) is 3.70. The van der Waals surface area contributed by atoms with E-state index in [2.05, 4.69) is 25.1 Å². The predicted octanol–water partition coefficient (Wildman–Crippen LogP) is 1.83. The van der Waals surface area contributed by atoms with Gasteiger partial charge in [-0.15, -0.1) is 0 Å². The Labute approximate surface area is 145 Å². The zero-order valence-electron chi connectivity index (χ0n) is 13.9. The summed E-state index contributed by atoms with van der Waals surface area (Å²) in [5.41, 5.74) is 1.52. The first kappa shape index (κ1) is 15.8. The smallest absolute Gasteiger partial charge is 0.254 e. The summed E-state index contributed by atoms with van der Waals surface area (Å²) in [7, 11) is 0. The van der Waals surface area contributed by atoms with Crippen molar-refractivity contribution in [3.63, 3.8) is 0 Å². The SMILES string of the molecule is O=C(NC1CC1)c1cnc(N2CCN(c3ccc(F)cc3)CC2)nc1. The summed E-state index contributed by atoms with van der Waals surface area (Å²) < 4.78 is 13.0. The number of halogens is 1. The molecule has 25 heavy (non-hydrogen) atoms. The predicted molar refractivity (Wildman–Crippen MR) is 93.3 cm³/mol. The quantitative estimate of drug-likeness (QED) is 0.919. The van der Waals surface area contributed by atoms with Crippen LogP contribution in [0.15, 0.2) is 36.7 Å². The summed E-state index contributed by atoms with van der Waals surface area (Å²) in [4.78, 5) is 25.0. The van der Waals surface area contributed by atoms with E-state index in [9.17, 15) is 9.18 Å². The average molecular weight is 341 g/mol. The molecule has 130 valence electrons. The first-order chi connectivity index (χ1) is 12.2. The van der Waals surface area contributed by atoms with Crippen LogP contribution in [0.3, 0.4) is 0 Å². The Hall–Kier alpha value is -2.70. The number of hydrogen-bond acceptors (Lipinski definition) is 5. The van der Waals surface area contributed by atoms with Gasteiger partial charge in [0.15, 0.2) is 0 Å². The fraction of sp³-hybridized carbons (Fsp3) is 0.389. The minimum Gasteiger partial charge on any atom is -0.368 e. The fourth-order valence-corrected chi connectivity index (χ4v) is 2.91. The van der Waals surface area contributed by atoms with Crippen LogP contribution < -0.4 is 15.1 Å². The first-order valence-electron chi connectivity index (χ1n) is 8.57. The highest BCUT2D eigenvalue weighted by molar-refractivity contribution is 5.94. The van der Waals surface area contributed by atoms with Crippen LogP contribution in [0.4, 0.5) is 16.0 Å². The number of carbonyl (C=O) groups is 1. The van der Waals surface area contributed by atoms with Gasteiger partial charge < -0.3 is 15.1 Å². The van der Waals surface area contributed by atoms with Crippen molar-refractivity contribution >= 4 is 17.5 Å². The van der Waals surface area contributed by atoms with Crippen LogP contribution in [-0.2, 0) is 0 Å². The third-order valence-electron chi connectivity index (χ3n) is 4.57. The van der Waals surface area contributed by atoms with Gasteiger partial charge in [-0.2, -0.15) is 0 Å². The highest BCUT2D eigenvalue weighted by Gasteiger charge is 2.24. The molecule has 2 heterocycles. The number of hydrogen-bond donors (Lipinski definition) is 1. The fourth-order valence-electron chi connectivity index (χ4n) is 2.91. The molecule has 0 spiro atoms. The Balaban J connectivity index is 1.35. The molecule has 1 N–H and O–H groups in total. The highest BCUT2D eigenvalue weighted by atomic mass is 19.1. The summed E-state index contributed by atoms with van der Waals surface area (Å²) in [6.07, 6.45) is 5.30. The second kappa shape index (κ2) is 6.66. The number of benzene rings is 1. The van der Waals surface area contributed by atoms with Gasteiger partial charge >= 0.3 is 0 Å². The third-order valence-corrected chi connectivity index (χ3v) is 4.57. The molecule has 0 atom stereocenters. The minimum atomic E-state index is -0.221. The minimum absolute atomic E-state index is 0.102. The van der Waals surface area contributed by atoms with Crippen LogP contribution in [-0.4, -0.2) is 48.1 Å². The van der Waals surface area contributed by atoms with Crippen LogP contribution in [0.25, 0.3) is 0 Å². The standard InChI is InChI=1S/C18H20FN5O/c19-14-1-5-16(6-2-14)23-7-9-24(10-8-23)18-20-11-13(12-21-18)17(25)22-15-3-4-15/h1-2,5-6,11-12,15H,3-4,7-10H2,(H,22,25). The molecular formula is C18H20FN5O. The molecule has 1 aliphatic heterocycles. The molecule has 0 bridgehead atoms. The van der Waals surface area contributed by atoms with Crippen LogP contribution >= 0.6 is 0 Å². The number of carbonyl (C=O) groups excluding carboxylic acids is 1. The maximum Gasteiger partial charge on any atom is 0.254 e. The topological polar surface area (TPSA) is 61.4 Å². The Morgan fingerprint density at radius 3 is 2.20 bits per heavy atom. The Morgan fingerprint density at radius 2 is 1.60 bits per heavy atom. The number of piperazine rings is 1. The van der Waals surface area contributed by atoms with E-state index in [0.29, 0.717) is 17.6 Å². The van der Waals surface area contributed by atoms with Gasteiger partial charge in [-0.3, -0.25) is 4.79 Å². The summed E-state index contributed by atoms with van der Waals surface area (Å²) in [5, 5.41) is 2.93. The second-order valence-electron chi connectivity index (χ2n) is 6.47. The summed E-state index contributed by atoms with van der Waals surface area (Å²) >= 11 is 0. The summed E-state index contributed by atoms with van der Waals surface area (Å²) in [6.45, 7) is 3.20. The highest BCUT2D eigenvalue weighted by Crippen LogP contribution is 2.20. The van der Waals surface area contributed by atoms with Crippen LogP contribution in [0.1, 0.15) is 23.2 Å². The number of nitrogens with zero attached hydrogens (tertiary/aromatic N) is 4. The van der Waals surface area contributed by atoms with Crippen molar-refractivity contribution in [3.8, 4) is 0 Å². The number of amides is 1. The van der Waals surface area contributed by atoms with Crippen molar-refractivity contribution in [1.82, 2.24) is 15.3 Å². The first-order valence-corrected chi connectivity index (χ1v) is 8.57. The van der Waals surface area contributed by atoms with Crippen molar-refractivity contribution in [1.29, 1.82) is 0 Å². The van der Waals surface area contributed by atoms with E-state index in [0.717, 1.165) is 44.7 Å². The lowest BCUT2D eigenvalue weighted by Crippen LogP contribution is -2.47. The van der Waals surface area contributed by atoms with E-state index in [1.807, 2.05) is 0 Å². The zero-order valence-corrected chi connectivity index (χ0v) is 13.9. The lowest BCUT2D eigenvalue weighted by Gasteiger charge is -2.36. The Bertz CT molecular complexity index is 737. The number of nitrogens with one attached hydrogen (secondary N) is 1. The molecule has 2 fully saturated rings. The van der Waals surface area contributed by atoms with Gasteiger partial charge in [-0.1, -0.05) is 0 Å². The van der Waals surface area contributed by atoms with E-state index < -0.39 is 0 Å². The summed E-state index contributed by atoms with van der Waals surface area (Å²) in [5.74, 6) is 0.318. The van der Waals surface area contributed by atoms with E-state index in [-0.39, 0.29) is 11.7 Å². The molecule has 2 aromatic rings. The normalized spacial score (nSPS) is 17.5. The number of aromatic nitrogens is 2. The molecule has 6 nitrogen and oxygen atoms in total. The van der Waals surface area contributed by atoms with E-state index in [4.69, 9.17) is 0 Å². The van der Waals surface area contributed by atoms with Crippen LogP contribution in [0.5, 0.6) is 0 Å².